The molecule has 1 saturated heterocycles. The van der Waals surface area contributed by atoms with Gasteiger partial charge in [-0.1, -0.05) is 71.4 Å². The van der Waals surface area contributed by atoms with E-state index in [2.05, 4.69) is 25.4 Å². The Morgan fingerprint density at radius 2 is 1.70 bits per heavy atom. The summed E-state index contributed by atoms with van der Waals surface area (Å²) in [6, 6.07) is 0.293. The monoisotopic (exact) mass is 279 g/mol. The fourth-order valence-electron chi connectivity index (χ4n) is 2.69. The van der Waals surface area contributed by atoms with Crippen LogP contribution in [0.25, 0.3) is 0 Å². The highest BCUT2D eigenvalue weighted by Crippen LogP contribution is 2.18. The van der Waals surface area contributed by atoms with Crippen LogP contribution in [0.3, 0.4) is 0 Å². The zero-order valence-corrected chi connectivity index (χ0v) is 13.4. The standard InChI is InChI=1S/C18H33NO/c1-4-5-6-7-8-9-10-11-12-13-16(2)19-18-14-15-20-17(18)3/h18-19H,2-15H2,1H3. The molecule has 1 rings (SSSR count). The van der Waals surface area contributed by atoms with E-state index in [-0.39, 0.29) is 0 Å². The van der Waals surface area contributed by atoms with Crippen molar-refractivity contribution < 1.29 is 4.74 Å². The molecule has 20 heavy (non-hydrogen) atoms. The molecule has 0 spiro atoms. The van der Waals surface area contributed by atoms with Crippen molar-refractivity contribution in [2.75, 3.05) is 6.61 Å². The van der Waals surface area contributed by atoms with Gasteiger partial charge in [0, 0.05) is 12.1 Å². The molecule has 1 atom stereocenters. The molecule has 0 aromatic carbocycles. The third kappa shape index (κ3) is 7.62. The summed E-state index contributed by atoms with van der Waals surface area (Å²) < 4.78 is 5.37. The van der Waals surface area contributed by atoms with Gasteiger partial charge in [0.1, 0.15) is 5.76 Å². The normalized spacial score (nSPS) is 18.1. The van der Waals surface area contributed by atoms with Crippen LogP contribution in [0.15, 0.2) is 24.6 Å². The highest BCUT2D eigenvalue weighted by atomic mass is 16.5. The number of unbranched alkanes of at least 4 members (excludes halogenated alkanes) is 8. The summed E-state index contributed by atoms with van der Waals surface area (Å²) in [7, 11) is 0. The third-order valence-electron chi connectivity index (χ3n) is 4.04. The lowest BCUT2D eigenvalue weighted by molar-refractivity contribution is 0.262. The molecule has 0 radical (unpaired) electrons. The number of nitrogens with one attached hydrogen (secondary N) is 1. The first-order valence-electron chi connectivity index (χ1n) is 8.50. The van der Waals surface area contributed by atoms with Crippen molar-refractivity contribution in [3.8, 4) is 0 Å². The zero-order chi connectivity index (χ0) is 14.6. The number of hydrogen-bond donors (Lipinski definition) is 1. The molecule has 2 nitrogen and oxygen atoms in total. The largest absolute Gasteiger partial charge is 0.496 e. The fraction of sp³-hybridized carbons (Fsp3) is 0.778. The number of hydrogen-bond acceptors (Lipinski definition) is 2. The van der Waals surface area contributed by atoms with Crippen LogP contribution >= 0.6 is 0 Å². The quantitative estimate of drug-likeness (QED) is 0.489. The van der Waals surface area contributed by atoms with Gasteiger partial charge in [0.15, 0.2) is 0 Å². The third-order valence-corrected chi connectivity index (χ3v) is 4.04. The Labute approximate surface area is 125 Å². The molecule has 0 amide bonds. The van der Waals surface area contributed by atoms with Gasteiger partial charge < -0.3 is 10.1 Å². The van der Waals surface area contributed by atoms with E-state index in [0.29, 0.717) is 6.04 Å². The Bertz CT molecular complexity index is 285. The van der Waals surface area contributed by atoms with Gasteiger partial charge in [-0.3, -0.25) is 0 Å². The van der Waals surface area contributed by atoms with Gasteiger partial charge in [0.05, 0.1) is 12.6 Å². The molecule has 0 saturated carbocycles. The average Bonchev–Trinajstić information content (AvgIpc) is 2.82. The van der Waals surface area contributed by atoms with E-state index in [4.69, 9.17) is 4.74 Å². The van der Waals surface area contributed by atoms with E-state index >= 15 is 0 Å². The number of rotatable bonds is 12. The van der Waals surface area contributed by atoms with Crippen molar-refractivity contribution in [3.63, 3.8) is 0 Å². The fourth-order valence-corrected chi connectivity index (χ4v) is 2.69. The van der Waals surface area contributed by atoms with Crippen molar-refractivity contribution in [1.29, 1.82) is 0 Å². The molecule has 116 valence electrons. The van der Waals surface area contributed by atoms with Crippen molar-refractivity contribution in [1.82, 2.24) is 5.32 Å². The molecular formula is C18H33NO. The summed E-state index contributed by atoms with van der Waals surface area (Å²) >= 11 is 0. The minimum atomic E-state index is 0.293. The highest BCUT2D eigenvalue weighted by Gasteiger charge is 2.20. The molecule has 1 aliphatic rings. The molecule has 0 bridgehead atoms. The Kier molecular flexibility index (Phi) is 9.27. The van der Waals surface area contributed by atoms with Crippen molar-refractivity contribution in [2.24, 2.45) is 0 Å². The predicted molar refractivity (Wildman–Crippen MR) is 87.6 cm³/mol. The topological polar surface area (TPSA) is 21.3 Å². The Morgan fingerprint density at radius 3 is 2.25 bits per heavy atom. The second kappa shape index (κ2) is 10.8. The second-order valence-corrected chi connectivity index (χ2v) is 5.98. The SMILES string of the molecule is C=C(CCCCCCCCCCC)NC1CCOC1=C. The van der Waals surface area contributed by atoms with Crippen LogP contribution in [0.1, 0.15) is 77.6 Å². The first kappa shape index (κ1) is 17.1. The van der Waals surface area contributed by atoms with Crippen LogP contribution in [-0.2, 0) is 4.74 Å². The maximum atomic E-state index is 5.37. The summed E-state index contributed by atoms with van der Waals surface area (Å²) in [6.45, 7) is 11.1. The summed E-state index contributed by atoms with van der Waals surface area (Å²) in [6.07, 6.45) is 14.5. The average molecular weight is 279 g/mol. The zero-order valence-electron chi connectivity index (χ0n) is 13.4. The molecule has 1 N–H and O–H groups in total. The van der Waals surface area contributed by atoms with E-state index in [1.54, 1.807) is 0 Å². The molecule has 0 aromatic rings. The van der Waals surface area contributed by atoms with Crippen LogP contribution < -0.4 is 5.32 Å². The van der Waals surface area contributed by atoms with Gasteiger partial charge in [-0.15, -0.1) is 0 Å². The van der Waals surface area contributed by atoms with Crippen LogP contribution in [0, 0.1) is 0 Å². The Hall–Kier alpha value is -0.920. The van der Waals surface area contributed by atoms with Gasteiger partial charge in [-0.2, -0.15) is 0 Å². The van der Waals surface area contributed by atoms with E-state index in [1.165, 1.54) is 57.8 Å². The number of ether oxygens (including phenoxy) is 1. The molecule has 0 aromatic heterocycles. The lowest BCUT2D eigenvalue weighted by atomic mass is 10.1. The Morgan fingerprint density at radius 1 is 1.10 bits per heavy atom. The maximum absolute atomic E-state index is 5.37. The predicted octanol–water partition coefficient (Wildman–Crippen LogP) is 5.31. The van der Waals surface area contributed by atoms with Crippen LogP contribution in [0.4, 0.5) is 0 Å². The molecule has 1 heterocycles. The first-order valence-corrected chi connectivity index (χ1v) is 8.50. The van der Waals surface area contributed by atoms with Crippen molar-refractivity contribution >= 4 is 0 Å². The van der Waals surface area contributed by atoms with Crippen molar-refractivity contribution in [3.05, 3.63) is 24.6 Å². The minimum Gasteiger partial charge on any atom is -0.496 e. The van der Waals surface area contributed by atoms with E-state index in [9.17, 15) is 0 Å². The molecule has 2 heteroatoms. The van der Waals surface area contributed by atoms with Crippen LogP contribution in [0.5, 0.6) is 0 Å². The molecule has 1 fully saturated rings. The highest BCUT2D eigenvalue weighted by molar-refractivity contribution is 5.07. The lowest BCUT2D eigenvalue weighted by Crippen LogP contribution is -2.26. The second-order valence-electron chi connectivity index (χ2n) is 5.98. The summed E-state index contributed by atoms with van der Waals surface area (Å²) in [5, 5.41) is 3.43. The first-order chi connectivity index (χ1) is 9.74. The minimum absolute atomic E-state index is 0.293. The summed E-state index contributed by atoms with van der Waals surface area (Å²) in [5.41, 5.74) is 1.14. The summed E-state index contributed by atoms with van der Waals surface area (Å²) in [5.74, 6) is 0.873. The van der Waals surface area contributed by atoms with Gasteiger partial charge in [-0.25, -0.2) is 0 Å². The lowest BCUT2D eigenvalue weighted by Gasteiger charge is -2.15. The Balaban J connectivity index is 1.88. The van der Waals surface area contributed by atoms with Gasteiger partial charge >= 0.3 is 0 Å². The maximum Gasteiger partial charge on any atom is 0.111 e. The van der Waals surface area contributed by atoms with Crippen molar-refractivity contribution in [2.45, 2.75) is 83.6 Å². The number of allylic oxidation sites excluding steroid dienone is 1. The van der Waals surface area contributed by atoms with E-state index < -0.39 is 0 Å². The smallest absolute Gasteiger partial charge is 0.111 e. The summed E-state index contributed by atoms with van der Waals surface area (Å²) in [4.78, 5) is 0. The van der Waals surface area contributed by atoms with E-state index in [0.717, 1.165) is 30.9 Å². The van der Waals surface area contributed by atoms with Crippen LogP contribution in [0.2, 0.25) is 0 Å². The van der Waals surface area contributed by atoms with Gasteiger partial charge in [0.25, 0.3) is 0 Å². The molecule has 1 unspecified atom stereocenters. The van der Waals surface area contributed by atoms with Gasteiger partial charge in [-0.05, 0) is 12.8 Å². The van der Waals surface area contributed by atoms with E-state index in [1.807, 2.05) is 0 Å². The molecule has 1 aliphatic heterocycles. The molecular weight excluding hydrogens is 246 g/mol. The molecule has 0 aliphatic carbocycles. The van der Waals surface area contributed by atoms with Crippen LogP contribution in [-0.4, -0.2) is 12.6 Å². The van der Waals surface area contributed by atoms with Gasteiger partial charge in [0.2, 0.25) is 0 Å².